The lowest BCUT2D eigenvalue weighted by Crippen LogP contribution is -2.46. The van der Waals surface area contributed by atoms with Gasteiger partial charge in [-0.3, -0.25) is 19.0 Å². The van der Waals surface area contributed by atoms with Crippen LogP contribution in [0.25, 0.3) is 10.9 Å². The summed E-state index contributed by atoms with van der Waals surface area (Å²) < 4.78 is 15.7. The molecule has 8 heteroatoms. The number of nitrogens with zero attached hydrogens (tertiary/aromatic N) is 3. The number of aryl methyl sites for hydroxylation is 1. The molecule has 1 saturated heterocycles. The Bertz CT molecular complexity index is 1290. The molecule has 1 aliphatic heterocycles. The Labute approximate surface area is 196 Å². The average Bonchev–Trinajstić information content (AvgIpc) is 3.68. The van der Waals surface area contributed by atoms with Gasteiger partial charge in [0.15, 0.2) is 0 Å². The summed E-state index contributed by atoms with van der Waals surface area (Å²) in [6, 6.07) is 13.5. The van der Waals surface area contributed by atoms with Crippen LogP contribution in [0.3, 0.4) is 0 Å². The third-order valence-corrected chi connectivity index (χ3v) is 6.62. The van der Waals surface area contributed by atoms with Crippen LogP contribution in [-0.2, 0) is 11.2 Å². The summed E-state index contributed by atoms with van der Waals surface area (Å²) in [7, 11) is 0. The quantitative estimate of drug-likeness (QED) is 0.610. The standard InChI is InChI=1S/C26H27FN4O3/c27-21-7-3-1-5-19(21)25(33)30-15-13-17(14-16-30)28-24(32)12-11-23-29-22-8-4-2-6-20(22)26(34)31(23)18-9-10-18/h1-8,17-18H,9-16H2,(H,28,32). The largest absolute Gasteiger partial charge is 0.353 e. The number of aromatic nitrogens is 2. The molecule has 1 aliphatic carbocycles. The first kappa shape index (κ1) is 22.3. The smallest absolute Gasteiger partial charge is 0.261 e. The van der Waals surface area contributed by atoms with Crippen LogP contribution >= 0.6 is 0 Å². The molecule has 0 spiro atoms. The van der Waals surface area contributed by atoms with E-state index < -0.39 is 5.82 Å². The Morgan fingerprint density at radius 1 is 1.00 bits per heavy atom. The van der Waals surface area contributed by atoms with Crippen LogP contribution in [0.2, 0.25) is 0 Å². The topological polar surface area (TPSA) is 84.3 Å². The second-order valence-electron chi connectivity index (χ2n) is 9.07. The fourth-order valence-corrected chi connectivity index (χ4v) is 4.63. The zero-order valence-corrected chi connectivity index (χ0v) is 18.9. The van der Waals surface area contributed by atoms with Crippen molar-refractivity contribution < 1.29 is 14.0 Å². The highest BCUT2D eigenvalue weighted by Crippen LogP contribution is 2.35. The molecule has 1 N–H and O–H groups in total. The highest BCUT2D eigenvalue weighted by atomic mass is 19.1. The van der Waals surface area contributed by atoms with Gasteiger partial charge < -0.3 is 10.2 Å². The van der Waals surface area contributed by atoms with E-state index >= 15 is 0 Å². The van der Waals surface area contributed by atoms with Crippen molar-refractivity contribution in [2.45, 2.75) is 50.6 Å². The SMILES string of the molecule is O=C(CCc1nc2ccccc2c(=O)n1C1CC1)NC1CCN(C(=O)c2ccccc2F)CC1. The van der Waals surface area contributed by atoms with E-state index in [1.165, 1.54) is 12.1 Å². The fourth-order valence-electron chi connectivity index (χ4n) is 4.63. The molecule has 0 atom stereocenters. The number of benzene rings is 2. The van der Waals surface area contributed by atoms with Crippen molar-refractivity contribution in [2.75, 3.05) is 13.1 Å². The van der Waals surface area contributed by atoms with Gasteiger partial charge in [0.2, 0.25) is 5.91 Å². The van der Waals surface area contributed by atoms with Gasteiger partial charge in [-0.1, -0.05) is 24.3 Å². The first-order chi connectivity index (χ1) is 16.5. The van der Waals surface area contributed by atoms with Crippen LogP contribution in [-0.4, -0.2) is 45.4 Å². The van der Waals surface area contributed by atoms with Crippen LogP contribution in [0.1, 0.15) is 54.3 Å². The zero-order chi connectivity index (χ0) is 23.7. The van der Waals surface area contributed by atoms with Gasteiger partial charge in [0, 0.05) is 38.0 Å². The van der Waals surface area contributed by atoms with Gasteiger partial charge in [0.05, 0.1) is 16.5 Å². The molecule has 3 aromatic rings. The highest BCUT2D eigenvalue weighted by molar-refractivity contribution is 5.94. The van der Waals surface area contributed by atoms with Crippen LogP contribution in [0.4, 0.5) is 4.39 Å². The summed E-state index contributed by atoms with van der Waals surface area (Å²) in [5.74, 6) is -0.270. The lowest BCUT2D eigenvalue weighted by Gasteiger charge is -2.32. The molecule has 2 amide bonds. The van der Waals surface area contributed by atoms with Crippen LogP contribution in [0.5, 0.6) is 0 Å². The molecule has 176 valence electrons. The van der Waals surface area contributed by atoms with Gasteiger partial charge in [-0.05, 0) is 49.9 Å². The van der Waals surface area contributed by atoms with Gasteiger partial charge in [-0.2, -0.15) is 0 Å². The number of amides is 2. The predicted octanol–water partition coefficient (Wildman–Crippen LogP) is 3.22. The first-order valence-electron chi connectivity index (χ1n) is 11.8. The summed E-state index contributed by atoms with van der Waals surface area (Å²) in [5.41, 5.74) is 0.705. The fraction of sp³-hybridized carbons (Fsp3) is 0.385. The Morgan fingerprint density at radius 2 is 1.71 bits per heavy atom. The summed E-state index contributed by atoms with van der Waals surface area (Å²) in [6.07, 6.45) is 3.80. The maximum absolute atomic E-state index is 13.9. The summed E-state index contributed by atoms with van der Waals surface area (Å²) >= 11 is 0. The van der Waals surface area contributed by atoms with Crippen molar-refractivity contribution >= 4 is 22.7 Å². The molecule has 5 rings (SSSR count). The minimum absolute atomic E-state index is 0.0320. The number of piperidine rings is 1. The maximum atomic E-state index is 13.9. The van der Waals surface area contributed by atoms with Crippen LogP contribution < -0.4 is 10.9 Å². The lowest BCUT2D eigenvalue weighted by molar-refractivity contribution is -0.122. The molecule has 1 aromatic heterocycles. The molecule has 34 heavy (non-hydrogen) atoms. The van der Waals surface area contributed by atoms with E-state index in [0.717, 1.165) is 12.8 Å². The number of hydrogen-bond acceptors (Lipinski definition) is 4. The number of rotatable bonds is 6. The Morgan fingerprint density at radius 3 is 2.44 bits per heavy atom. The number of hydrogen-bond donors (Lipinski definition) is 1. The monoisotopic (exact) mass is 462 g/mol. The molecule has 2 aromatic carbocycles. The highest BCUT2D eigenvalue weighted by Gasteiger charge is 2.29. The predicted molar refractivity (Wildman–Crippen MR) is 126 cm³/mol. The Hall–Kier alpha value is -3.55. The molecule has 1 saturated carbocycles. The third-order valence-electron chi connectivity index (χ3n) is 6.62. The number of fused-ring (bicyclic) bond motifs is 1. The third kappa shape index (κ3) is 4.58. The van der Waals surface area contributed by atoms with E-state index in [1.54, 1.807) is 27.7 Å². The van der Waals surface area contributed by atoms with Crippen LogP contribution in [0.15, 0.2) is 53.3 Å². The number of halogens is 1. The number of likely N-dealkylation sites (tertiary alicyclic amines) is 1. The van der Waals surface area contributed by atoms with Crippen LogP contribution in [0, 0.1) is 5.82 Å². The van der Waals surface area contributed by atoms with E-state index in [9.17, 15) is 18.8 Å². The second kappa shape index (κ2) is 9.37. The van der Waals surface area contributed by atoms with Gasteiger partial charge in [0.1, 0.15) is 11.6 Å². The summed E-state index contributed by atoms with van der Waals surface area (Å²) in [5, 5.41) is 3.66. The van der Waals surface area contributed by atoms with Crippen molar-refractivity contribution in [3.05, 3.63) is 76.1 Å². The van der Waals surface area contributed by atoms with E-state index in [-0.39, 0.29) is 41.4 Å². The van der Waals surface area contributed by atoms with E-state index in [0.29, 0.717) is 49.1 Å². The van der Waals surface area contributed by atoms with Crippen molar-refractivity contribution in [1.82, 2.24) is 19.8 Å². The van der Waals surface area contributed by atoms with Gasteiger partial charge >= 0.3 is 0 Å². The molecular weight excluding hydrogens is 435 g/mol. The van der Waals surface area contributed by atoms with E-state index in [2.05, 4.69) is 10.3 Å². The van der Waals surface area contributed by atoms with Gasteiger partial charge in [-0.15, -0.1) is 0 Å². The first-order valence-corrected chi connectivity index (χ1v) is 11.8. The molecule has 0 bridgehead atoms. The Kier molecular flexibility index (Phi) is 6.13. The lowest BCUT2D eigenvalue weighted by atomic mass is 10.0. The van der Waals surface area contributed by atoms with Crippen molar-refractivity contribution in [3.8, 4) is 0 Å². The minimum atomic E-state index is -0.519. The molecule has 0 unspecified atom stereocenters. The number of para-hydroxylation sites is 1. The molecule has 7 nitrogen and oxygen atoms in total. The van der Waals surface area contributed by atoms with Crippen molar-refractivity contribution in [1.29, 1.82) is 0 Å². The Balaban J connectivity index is 1.18. The van der Waals surface area contributed by atoms with Gasteiger partial charge in [-0.25, -0.2) is 9.37 Å². The molecule has 2 aliphatic rings. The second-order valence-corrected chi connectivity index (χ2v) is 9.07. The summed E-state index contributed by atoms with van der Waals surface area (Å²) in [6.45, 7) is 0.928. The average molecular weight is 463 g/mol. The normalized spacial score (nSPS) is 16.6. The minimum Gasteiger partial charge on any atom is -0.353 e. The van der Waals surface area contributed by atoms with Gasteiger partial charge in [0.25, 0.3) is 11.5 Å². The van der Waals surface area contributed by atoms with Crippen molar-refractivity contribution in [3.63, 3.8) is 0 Å². The molecular formula is C26H27FN4O3. The number of carbonyl (C=O) groups excluding carboxylic acids is 2. The molecule has 0 radical (unpaired) electrons. The number of carbonyl (C=O) groups is 2. The zero-order valence-electron chi connectivity index (χ0n) is 18.9. The molecule has 2 heterocycles. The van der Waals surface area contributed by atoms with Crippen molar-refractivity contribution in [2.24, 2.45) is 0 Å². The van der Waals surface area contributed by atoms with E-state index in [1.807, 2.05) is 18.2 Å². The van der Waals surface area contributed by atoms with E-state index in [4.69, 9.17) is 0 Å². The molecule has 2 fully saturated rings. The number of nitrogens with one attached hydrogen (secondary N) is 1. The maximum Gasteiger partial charge on any atom is 0.261 e. The summed E-state index contributed by atoms with van der Waals surface area (Å²) in [4.78, 5) is 44.5.